The van der Waals surface area contributed by atoms with Crippen molar-refractivity contribution < 1.29 is 28.7 Å². The van der Waals surface area contributed by atoms with Crippen LogP contribution in [0, 0.1) is 11.8 Å². The predicted molar refractivity (Wildman–Crippen MR) is 106 cm³/mol. The Morgan fingerprint density at radius 1 is 1.00 bits per heavy atom. The van der Waals surface area contributed by atoms with Crippen LogP contribution in [0.3, 0.4) is 0 Å². The molecular weight excluding hydrogens is 378 g/mol. The second-order valence-electron chi connectivity index (χ2n) is 7.11. The number of esters is 1. The van der Waals surface area contributed by atoms with Gasteiger partial charge >= 0.3 is 12.0 Å². The normalized spacial score (nSPS) is 12.8. The molecule has 0 heterocycles. The lowest BCUT2D eigenvalue weighted by Gasteiger charge is -2.25. The molecule has 9 nitrogen and oxygen atoms in total. The molecule has 0 spiro atoms. The van der Waals surface area contributed by atoms with Gasteiger partial charge in [-0.25, -0.2) is 9.59 Å². The Labute approximate surface area is 170 Å². The number of primary amides is 1. The highest BCUT2D eigenvalue weighted by Crippen LogP contribution is 2.15. The number of imide groups is 1. The highest BCUT2D eigenvalue weighted by molar-refractivity contribution is 5.98. The summed E-state index contributed by atoms with van der Waals surface area (Å²) in [4.78, 5) is 48.2. The molecule has 9 heteroatoms. The highest BCUT2D eigenvalue weighted by Gasteiger charge is 2.33. The van der Waals surface area contributed by atoms with Gasteiger partial charge in [0.1, 0.15) is 11.8 Å². The zero-order valence-corrected chi connectivity index (χ0v) is 17.4. The summed E-state index contributed by atoms with van der Waals surface area (Å²) in [6.07, 6.45) is -1.22. The van der Waals surface area contributed by atoms with Crippen LogP contribution >= 0.6 is 0 Å². The lowest BCUT2D eigenvalue weighted by molar-refractivity contribution is -0.161. The summed E-state index contributed by atoms with van der Waals surface area (Å²) in [5.41, 5.74) is 5.30. The van der Waals surface area contributed by atoms with Crippen LogP contribution in [0.2, 0.25) is 0 Å². The molecule has 29 heavy (non-hydrogen) atoms. The first-order valence-electron chi connectivity index (χ1n) is 9.41. The summed E-state index contributed by atoms with van der Waals surface area (Å²) in [7, 11) is 0. The Kier molecular flexibility index (Phi) is 9.11. The van der Waals surface area contributed by atoms with Gasteiger partial charge in [0, 0.05) is 5.56 Å². The topological polar surface area (TPSA) is 137 Å². The van der Waals surface area contributed by atoms with Crippen molar-refractivity contribution in [3.63, 3.8) is 0 Å². The molecule has 0 aliphatic rings. The van der Waals surface area contributed by atoms with Crippen LogP contribution < -0.4 is 21.1 Å². The van der Waals surface area contributed by atoms with Crippen LogP contribution in [0.25, 0.3) is 0 Å². The number of carbonyl (C=O) groups excluding carboxylic acids is 4. The first kappa shape index (κ1) is 23.9. The number of nitrogens with one attached hydrogen (secondary N) is 2. The largest absolute Gasteiger partial charge is 0.494 e. The van der Waals surface area contributed by atoms with E-state index in [-0.39, 0.29) is 5.92 Å². The number of nitrogens with two attached hydrogens (primary N) is 1. The van der Waals surface area contributed by atoms with E-state index >= 15 is 0 Å². The van der Waals surface area contributed by atoms with Gasteiger partial charge in [0.25, 0.3) is 11.8 Å². The van der Waals surface area contributed by atoms with E-state index < -0.39 is 41.9 Å². The molecule has 0 fully saturated rings. The van der Waals surface area contributed by atoms with Gasteiger partial charge in [-0.2, -0.15) is 0 Å². The Morgan fingerprint density at radius 3 is 2.03 bits per heavy atom. The van der Waals surface area contributed by atoms with Crippen molar-refractivity contribution in [2.75, 3.05) is 6.61 Å². The SMILES string of the molecule is CCOc1ccc(C(=O)N[C@H](C(=O)O[C@@H](C(=O)NC(N)=O)C(C)C)C(C)C)cc1. The second kappa shape index (κ2) is 11.0. The Bertz CT molecular complexity index is 730. The number of benzene rings is 1. The summed E-state index contributed by atoms with van der Waals surface area (Å²) in [6, 6.07) is 4.45. The van der Waals surface area contributed by atoms with Crippen LogP contribution in [0.15, 0.2) is 24.3 Å². The van der Waals surface area contributed by atoms with Crippen LogP contribution in [-0.2, 0) is 14.3 Å². The minimum atomic E-state index is -1.22. The van der Waals surface area contributed by atoms with E-state index in [9.17, 15) is 19.2 Å². The summed E-state index contributed by atoms with van der Waals surface area (Å²) in [5, 5.41) is 4.53. The number of rotatable bonds is 9. The maximum atomic E-state index is 12.6. The third-order valence-electron chi connectivity index (χ3n) is 3.99. The second-order valence-corrected chi connectivity index (χ2v) is 7.11. The van der Waals surface area contributed by atoms with E-state index in [1.54, 1.807) is 52.0 Å². The molecule has 4 amide bonds. The third-order valence-corrected chi connectivity index (χ3v) is 3.99. The first-order valence-corrected chi connectivity index (χ1v) is 9.41. The Morgan fingerprint density at radius 2 is 1.59 bits per heavy atom. The van der Waals surface area contributed by atoms with Crippen molar-refractivity contribution in [2.45, 2.75) is 46.8 Å². The zero-order chi connectivity index (χ0) is 22.1. The molecule has 160 valence electrons. The number of ether oxygens (including phenoxy) is 2. The molecule has 0 aliphatic heterocycles. The highest BCUT2D eigenvalue weighted by atomic mass is 16.6. The standard InChI is InChI=1S/C20H29N3O6/c1-6-28-14-9-7-13(8-10-14)17(24)22-15(11(2)3)19(26)29-16(12(4)5)18(25)23-20(21)27/h7-12,15-16H,6H2,1-5H3,(H,22,24)(H3,21,23,25,27)/t15-,16+/m0/s1. The van der Waals surface area contributed by atoms with Gasteiger partial charge in [-0.1, -0.05) is 27.7 Å². The fourth-order valence-corrected chi connectivity index (χ4v) is 2.47. The molecule has 1 rings (SSSR count). The number of urea groups is 1. The predicted octanol–water partition coefficient (Wildman–Crippen LogP) is 1.60. The molecular formula is C20H29N3O6. The lowest BCUT2D eigenvalue weighted by atomic mass is 10.0. The van der Waals surface area contributed by atoms with Gasteiger partial charge in [-0.3, -0.25) is 14.9 Å². The fourth-order valence-electron chi connectivity index (χ4n) is 2.47. The van der Waals surface area contributed by atoms with Crippen LogP contribution in [-0.4, -0.2) is 42.6 Å². The van der Waals surface area contributed by atoms with Crippen LogP contribution in [0.4, 0.5) is 4.79 Å². The smallest absolute Gasteiger partial charge is 0.329 e. The van der Waals surface area contributed by atoms with Crippen LogP contribution in [0.1, 0.15) is 45.0 Å². The van der Waals surface area contributed by atoms with E-state index in [2.05, 4.69) is 5.32 Å². The van der Waals surface area contributed by atoms with Crippen molar-refractivity contribution in [3.05, 3.63) is 29.8 Å². The van der Waals surface area contributed by atoms with Gasteiger partial charge in [-0.15, -0.1) is 0 Å². The lowest BCUT2D eigenvalue weighted by Crippen LogP contribution is -2.50. The Balaban J connectivity index is 2.89. The average Bonchev–Trinajstić information content (AvgIpc) is 2.63. The van der Waals surface area contributed by atoms with Crippen molar-refractivity contribution in [3.8, 4) is 5.75 Å². The molecule has 0 saturated heterocycles. The van der Waals surface area contributed by atoms with Gasteiger partial charge in [0.05, 0.1) is 6.61 Å². The molecule has 1 aromatic carbocycles. The molecule has 0 unspecified atom stereocenters. The molecule has 1 aromatic rings. The van der Waals surface area contributed by atoms with Crippen molar-refractivity contribution in [1.29, 1.82) is 0 Å². The number of hydrogen-bond acceptors (Lipinski definition) is 6. The molecule has 0 aromatic heterocycles. The maximum absolute atomic E-state index is 12.6. The molecule has 2 atom stereocenters. The zero-order valence-electron chi connectivity index (χ0n) is 17.4. The minimum absolute atomic E-state index is 0.304. The van der Waals surface area contributed by atoms with Gasteiger partial charge < -0.3 is 20.5 Å². The third kappa shape index (κ3) is 7.44. The van der Waals surface area contributed by atoms with Gasteiger partial charge in [0.2, 0.25) is 0 Å². The molecule has 0 radical (unpaired) electrons. The van der Waals surface area contributed by atoms with E-state index in [4.69, 9.17) is 15.2 Å². The van der Waals surface area contributed by atoms with E-state index in [0.29, 0.717) is 17.9 Å². The van der Waals surface area contributed by atoms with Gasteiger partial charge in [-0.05, 0) is 43.0 Å². The van der Waals surface area contributed by atoms with Crippen LogP contribution in [0.5, 0.6) is 5.75 Å². The number of hydrogen-bond donors (Lipinski definition) is 3. The molecule has 0 aliphatic carbocycles. The summed E-state index contributed by atoms with van der Waals surface area (Å²) < 4.78 is 10.6. The monoisotopic (exact) mass is 407 g/mol. The first-order chi connectivity index (χ1) is 13.6. The number of amides is 4. The van der Waals surface area contributed by atoms with E-state index in [1.807, 2.05) is 12.2 Å². The minimum Gasteiger partial charge on any atom is -0.494 e. The van der Waals surface area contributed by atoms with Crippen molar-refractivity contribution in [1.82, 2.24) is 10.6 Å². The quantitative estimate of drug-likeness (QED) is 0.532. The van der Waals surface area contributed by atoms with E-state index in [0.717, 1.165) is 0 Å². The van der Waals surface area contributed by atoms with Crippen molar-refractivity contribution >= 4 is 23.8 Å². The summed E-state index contributed by atoms with van der Waals surface area (Å²) in [5.74, 6) is -2.15. The summed E-state index contributed by atoms with van der Waals surface area (Å²) in [6.45, 7) is 9.14. The van der Waals surface area contributed by atoms with Gasteiger partial charge in [0.15, 0.2) is 6.10 Å². The molecule has 4 N–H and O–H groups in total. The molecule has 0 saturated carbocycles. The number of carbonyl (C=O) groups is 4. The maximum Gasteiger partial charge on any atom is 0.329 e. The van der Waals surface area contributed by atoms with E-state index in [1.165, 1.54) is 0 Å². The molecule has 0 bridgehead atoms. The fraction of sp³-hybridized carbons (Fsp3) is 0.500. The van der Waals surface area contributed by atoms with Crippen molar-refractivity contribution in [2.24, 2.45) is 17.6 Å². The average molecular weight is 407 g/mol. The Hall–Kier alpha value is -3.10. The summed E-state index contributed by atoms with van der Waals surface area (Å²) >= 11 is 0.